The van der Waals surface area contributed by atoms with Gasteiger partial charge in [0.1, 0.15) is 26.9 Å². The predicted octanol–water partition coefficient (Wildman–Crippen LogP) is 6.61. The van der Waals surface area contributed by atoms with E-state index in [9.17, 15) is 31.0 Å². The number of benzene rings is 5. The minimum atomic E-state index is -5.08. The molecule has 0 unspecified atom stereocenters. The Labute approximate surface area is 266 Å². The topological polar surface area (TPSA) is 307 Å². The quantitative estimate of drug-likeness (QED) is 0.0520. The van der Waals surface area contributed by atoms with Crippen LogP contribution < -0.4 is 22.9 Å². The molecular weight excluding hydrogens is 653 g/mol. The van der Waals surface area contributed by atoms with Gasteiger partial charge in [0.05, 0.1) is 33.8 Å². The molecule has 5 aromatic rings. The number of azo groups is 3. The summed E-state index contributed by atoms with van der Waals surface area (Å²) >= 11 is 0. The maximum atomic E-state index is 12.3. The van der Waals surface area contributed by atoms with Crippen molar-refractivity contribution in [3.05, 3.63) is 78.9 Å². The van der Waals surface area contributed by atoms with Crippen LogP contribution in [0.2, 0.25) is 0 Å². The highest BCUT2D eigenvalue weighted by atomic mass is 32.2. The Hall–Kier alpha value is -6.02. The summed E-state index contributed by atoms with van der Waals surface area (Å²) in [5.41, 5.74) is 24.1. The number of nitrogen functional groups attached to an aromatic ring is 4. The molecule has 0 atom stereocenters. The fourth-order valence-electron chi connectivity index (χ4n) is 4.22. The Morgan fingerprint density at radius 1 is 0.532 bits per heavy atom. The SMILES string of the molecule is Nc1ccc(N=Nc2c(S(=O)(=O)O)cc3cc(S(=O)(=O)O)c(N=Nc4ccc(N=Nc5ccc(N)cc5N)cc4)c(O)c3c2N)cc1. The van der Waals surface area contributed by atoms with Crippen LogP contribution in [0.4, 0.5) is 56.9 Å². The highest BCUT2D eigenvalue weighted by molar-refractivity contribution is 7.86. The molecule has 11 N–H and O–H groups in total. The summed E-state index contributed by atoms with van der Waals surface area (Å²) in [4.78, 5) is -1.79. The molecule has 0 spiro atoms. The first-order chi connectivity index (χ1) is 22.1. The second kappa shape index (κ2) is 12.4. The molecule has 0 saturated carbocycles. The van der Waals surface area contributed by atoms with Crippen molar-refractivity contribution in [2.45, 2.75) is 9.79 Å². The van der Waals surface area contributed by atoms with Crippen LogP contribution in [0.1, 0.15) is 0 Å². The van der Waals surface area contributed by atoms with Gasteiger partial charge in [0.25, 0.3) is 20.2 Å². The molecule has 0 heterocycles. The van der Waals surface area contributed by atoms with Crippen molar-refractivity contribution in [3.8, 4) is 5.75 Å². The number of hydrogen-bond acceptors (Lipinski definition) is 15. The molecule has 0 aliphatic rings. The number of hydrogen-bond donors (Lipinski definition) is 7. The maximum absolute atomic E-state index is 12.3. The normalized spacial score (nSPS) is 12.6. The van der Waals surface area contributed by atoms with Crippen LogP contribution in [-0.4, -0.2) is 31.0 Å². The van der Waals surface area contributed by atoms with Crippen LogP contribution in [0.15, 0.2) is 119 Å². The first kappa shape index (κ1) is 32.4. The van der Waals surface area contributed by atoms with Gasteiger partial charge in [-0.2, -0.15) is 32.2 Å². The van der Waals surface area contributed by atoms with E-state index < -0.39 is 52.8 Å². The summed E-state index contributed by atoms with van der Waals surface area (Å²) < 4.78 is 69.0. The third-order valence-corrected chi connectivity index (χ3v) is 8.20. The minimum absolute atomic E-state index is 0.171. The van der Waals surface area contributed by atoms with Crippen molar-refractivity contribution in [3.63, 3.8) is 0 Å². The van der Waals surface area contributed by atoms with Crippen molar-refractivity contribution in [2.24, 2.45) is 30.7 Å². The smallest absolute Gasteiger partial charge is 0.296 e. The van der Waals surface area contributed by atoms with Crippen molar-refractivity contribution in [1.82, 2.24) is 0 Å². The summed E-state index contributed by atoms with van der Waals surface area (Å²) in [6.07, 6.45) is 0. The number of anilines is 4. The second-order valence-electron chi connectivity index (χ2n) is 9.78. The molecule has 5 rings (SSSR count). The fourth-order valence-corrected chi connectivity index (χ4v) is 5.55. The van der Waals surface area contributed by atoms with Gasteiger partial charge in [-0.15, -0.1) is 15.3 Å². The number of phenols is 1. The van der Waals surface area contributed by atoms with Gasteiger partial charge in [-0.25, -0.2) is 0 Å². The molecule has 0 radical (unpaired) electrons. The second-order valence-corrected chi connectivity index (χ2v) is 12.6. The molecule has 0 amide bonds. The van der Waals surface area contributed by atoms with Gasteiger partial charge in [-0.3, -0.25) is 9.11 Å². The molecule has 0 saturated heterocycles. The fraction of sp³-hybridized carbons (Fsp3) is 0. The molecule has 240 valence electrons. The monoisotopic (exact) mass is 676 g/mol. The van der Waals surface area contributed by atoms with E-state index in [0.717, 1.165) is 12.1 Å². The van der Waals surface area contributed by atoms with E-state index in [1.807, 2.05) is 0 Å². The maximum Gasteiger partial charge on any atom is 0.296 e. The average molecular weight is 677 g/mol. The number of nitrogens with zero attached hydrogens (tertiary/aromatic N) is 6. The first-order valence-electron chi connectivity index (χ1n) is 13.0. The molecule has 0 aromatic heterocycles. The van der Waals surface area contributed by atoms with Crippen molar-refractivity contribution >= 4 is 87.9 Å². The lowest BCUT2D eigenvalue weighted by Gasteiger charge is -2.14. The lowest BCUT2D eigenvalue weighted by Crippen LogP contribution is -2.03. The van der Waals surface area contributed by atoms with E-state index in [1.54, 1.807) is 12.1 Å². The Kier molecular flexibility index (Phi) is 8.54. The van der Waals surface area contributed by atoms with Gasteiger partial charge < -0.3 is 28.0 Å². The number of nitrogens with two attached hydrogens (primary N) is 4. The van der Waals surface area contributed by atoms with E-state index in [0.29, 0.717) is 28.4 Å². The van der Waals surface area contributed by atoms with Crippen LogP contribution in [0.3, 0.4) is 0 Å². The number of fused-ring (bicyclic) bond motifs is 1. The van der Waals surface area contributed by atoms with Gasteiger partial charge in [0.2, 0.25) is 0 Å². The van der Waals surface area contributed by atoms with Crippen molar-refractivity contribution in [1.29, 1.82) is 0 Å². The van der Waals surface area contributed by atoms with Gasteiger partial charge in [-0.1, -0.05) is 0 Å². The highest BCUT2D eigenvalue weighted by Gasteiger charge is 2.28. The Bertz CT molecular complexity index is 2350. The van der Waals surface area contributed by atoms with E-state index in [1.165, 1.54) is 54.6 Å². The molecule has 19 heteroatoms. The molecular formula is C28H24N10O7S2. The highest BCUT2D eigenvalue weighted by Crippen LogP contribution is 2.48. The molecule has 0 aliphatic heterocycles. The lowest BCUT2D eigenvalue weighted by molar-refractivity contribution is 0.472. The van der Waals surface area contributed by atoms with Crippen molar-refractivity contribution < 1.29 is 31.0 Å². The molecule has 47 heavy (non-hydrogen) atoms. The van der Waals surface area contributed by atoms with Crippen LogP contribution >= 0.6 is 0 Å². The third-order valence-electron chi connectivity index (χ3n) is 6.47. The van der Waals surface area contributed by atoms with Gasteiger partial charge in [0.15, 0.2) is 5.75 Å². The number of phenolic OH excluding ortho intramolecular Hbond substituents is 1. The molecule has 0 fully saturated rings. The van der Waals surface area contributed by atoms with Gasteiger partial charge >= 0.3 is 0 Å². The summed E-state index contributed by atoms with van der Waals surface area (Å²) in [6, 6.07) is 18.3. The minimum Gasteiger partial charge on any atom is -0.505 e. The zero-order valence-electron chi connectivity index (χ0n) is 23.8. The number of aromatic hydroxyl groups is 1. The molecule has 17 nitrogen and oxygen atoms in total. The lowest BCUT2D eigenvalue weighted by atomic mass is 10.1. The van der Waals surface area contributed by atoms with Crippen LogP contribution in [0.5, 0.6) is 5.75 Å². The van der Waals surface area contributed by atoms with Gasteiger partial charge in [-0.05, 0) is 84.2 Å². The van der Waals surface area contributed by atoms with Gasteiger partial charge in [0, 0.05) is 11.4 Å². The van der Waals surface area contributed by atoms with Crippen LogP contribution in [0.25, 0.3) is 10.8 Å². The number of rotatable bonds is 8. The standard InChI is InChI=1S/C28H24N10O7S2/c29-15-1-4-17(5-2-15)34-37-26-22(46(40,41)42)11-14-12-23(47(43,44)45)27(28(39)24(14)25(26)32)38-35-19-8-6-18(7-9-19)33-36-21-10-3-16(30)13-20(21)31/h1-13,39H,29-32H2,(H,40,41,42)(H,43,44,45). The third kappa shape index (κ3) is 7.12. The summed E-state index contributed by atoms with van der Waals surface area (Å²) in [5.74, 6) is -0.895. The summed E-state index contributed by atoms with van der Waals surface area (Å²) in [6.45, 7) is 0. The van der Waals surface area contributed by atoms with E-state index in [2.05, 4.69) is 30.7 Å². The zero-order valence-corrected chi connectivity index (χ0v) is 25.4. The Morgan fingerprint density at radius 2 is 0.979 bits per heavy atom. The summed E-state index contributed by atoms with van der Waals surface area (Å²) in [5, 5.41) is 34.3. The van der Waals surface area contributed by atoms with E-state index in [-0.39, 0.29) is 22.1 Å². The summed E-state index contributed by atoms with van der Waals surface area (Å²) in [7, 11) is -10.1. The molecule has 5 aromatic carbocycles. The van der Waals surface area contributed by atoms with E-state index in [4.69, 9.17) is 22.9 Å². The molecule has 0 bridgehead atoms. The van der Waals surface area contributed by atoms with E-state index >= 15 is 0 Å². The Morgan fingerprint density at radius 3 is 1.49 bits per heavy atom. The largest absolute Gasteiger partial charge is 0.505 e. The zero-order chi connectivity index (χ0) is 34.1. The molecule has 0 aliphatic carbocycles. The van der Waals surface area contributed by atoms with Crippen LogP contribution in [-0.2, 0) is 20.2 Å². The predicted molar refractivity (Wildman–Crippen MR) is 175 cm³/mol. The Balaban J connectivity index is 1.58. The van der Waals surface area contributed by atoms with Crippen molar-refractivity contribution in [2.75, 3.05) is 22.9 Å². The average Bonchev–Trinajstić information content (AvgIpc) is 2.99. The first-order valence-corrected chi connectivity index (χ1v) is 15.9. The van der Waals surface area contributed by atoms with Crippen LogP contribution in [0, 0.1) is 0 Å².